The summed E-state index contributed by atoms with van der Waals surface area (Å²) in [5.74, 6) is -1.10. The predicted molar refractivity (Wildman–Crippen MR) is 128 cm³/mol. The first-order valence-corrected chi connectivity index (χ1v) is 13.0. The van der Waals surface area contributed by atoms with Crippen molar-refractivity contribution in [1.29, 1.82) is 0 Å². The molecule has 0 saturated carbocycles. The summed E-state index contributed by atoms with van der Waals surface area (Å²) in [6, 6.07) is 11.9. The van der Waals surface area contributed by atoms with Crippen molar-refractivity contribution >= 4 is 27.4 Å². The van der Waals surface area contributed by atoms with Crippen LogP contribution in [-0.2, 0) is 21.2 Å². The Morgan fingerprint density at radius 3 is 2.43 bits per heavy atom. The quantitative estimate of drug-likeness (QED) is 0.259. The molecule has 1 aliphatic rings. The van der Waals surface area contributed by atoms with Gasteiger partial charge in [-0.3, -0.25) is 4.79 Å². The number of carbonyl (C=O) groups is 1. The molecule has 12 heteroatoms. The molecule has 0 aliphatic carbocycles. The van der Waals surface area contributed by atoms with Gasteiger partial charge in [0.1, 0.15) is 22.9 Å². The van der Waals surface area contributed by atoms with Crippen molar-refractivity contribution in [3.63, 3.8) is 0 Å². The van der Waals surface area contributed by atoms with Gasteiger partial charge >= 0.3 is 6.61 Å². The van der Waals surface area contributed by atoms with Crippen LogP contribution in [0, 0.1) is 5.82 Å². The second kappa shape index (κ2) is 11.2. The van der Waals surface area contributed by atoms with E-state index in [0.29, 0.717) is 16.8 Å². The minimum absolute atomic E-state index is 0.0190. The molecular weight excluding hydrogens is 536 g/mol. The van der Waals surface area contributed by atoms with Gasteiger partial charge in [0, 0.05) is 24.9 Å². The maximum absolute atomic E-state index is 14.3. The Labute approximate surface area is 215 Å². The number of ether oxygens (including phenoxy) is 1. The van der Waals surface area contributed by atoms with Crippen molar-refractivity contribution in [1.82, 2.24) is 9.29 Å². The maximum atomic E-state index is 14.3. The van der Waals surface area contributed by atoms with E-state index in [4.69, 9.17) is 11.6 Å². The Morgan fingerprint density at radius 1 is 1.11 bits per heavy atom. The van der Waals surface area contributed by atoms with E-state index < -0.39 is 47.0 Å². The molecule has 6 nitrogen and oxygen atoms in total. The average molecular weight is 557 g/mol. The van der Waals surface area contributed by atoms with E-state index in [1.165, 1.54) is 24.3 Å². The SMILES string of the molecule is O=C(CCc1cc(Cl)nc(-c2ccc(OC(F)F)cc2)c1)[C@@H]1C[C@@H](F)CN1S(=O)(=O)c1ccc(F)cc1. The number of pyridine rings is 1. The number of sulfonamides is 1. The van der Waals surface area contributed by atoms with Crippen molar-refractivity contribution in [2.45, 2.75) is 43.0 Å². The van der Waals surface area contributed by atoms with Gasteiger partial charge < -0.3 is 4.74 Å². The number of hydrogen-bond donors (Lipinski definition) is 0. The summed E-state index contributed by atoms with van der Waals surface area (Å²) in [5.41, 5.74) is 1.63. The molecule has 1 aromatic heterocycles. The zero-order chi connectivity index (χ0) is 26.7. The van der Waals surface area contributed by atoms with Crippen LogP contribution in [-0.4, -0.2) is 48.9 Å². The molecule has 2 heterocycles. The molecule has 3 aromatic rings. The lowest BCUT2D eigenvalue weighted by molar-refractivity contribution is -0.122. The summed E-state index contributed by atoms with van der Waals surface area (Å²) in [4.78, 5) is 17.0. The van der Waals surface area contributed by atoms with E-state index in [1.54, 1.807) is 12.1 Å². The van der Waals surface area contributed by atoms with Crippen LogP contribution in [0.2, 0.25) is 5.15 Å². The Hall–Kier alpha value is -3.02. The number of hydrogen-bond acceptors (Lipinski definition) is 5. The Kier molecular flexibility index (Phi) is 8.15. The van der Waals surface area contributed by atoms with E-state index >= 15 is 0 Å². The number of benzene rings is 2. The molecule has 2 atom stereocenters. The lowest BCUT2D eigenvalue weighted by atomic mass is 10.0. The Balaban J connectivity index is 1.48. The van der Waals surface area contributed by atoms with Crippen molar-refractivity contribution in [2.75, 3.05) is 6.54 Å². The zero-order valence-electron chi connectivity index (χ0n) is 19.2. The minimum atomic E-state index is -4.21. The second-order valence-corrected chi connectivity index (χ2v) is 10.7. The molecule has 37 heavy (non-hydrogen) atoms. The fourth-order valence-corrected chi connectivity index (χ4v) is 6.02. The largest absolute Gasteiger partial charge is 0.435 e. The molecule has 0 amide bonds. The number of ketones is 1. The van der Waals surface area contributed by atoms with Gasteiger partial charge in [0.05, 0.1) is 16.6 Å². The molecule has 0 spiro atoms. The third-order valence-electron chi connectivity index (χ3n) is 5.89. The van der Waals surface area contributed by atoms with Crippen LogP contribution in [0.15, 0.2) is 65.6 Å². The first-order chi connectivity index (χ1) is 17.5. The monoisotopic (exact) mass is 556 g/mol. The van der Waals surface area contributed by atoms with Crippen LogP contribution in [0.1, 0.15) is 18.4 Å². The van der Waals surface area contributed by atoms with Crippen LogP contribution in [0.5, 0.6) is 5.75 Å². The van der Waals surface area contributed by atoms with Gasteiger partial charge in [-0.1, -0.05) is 11.6 Å². The van der Waals surface area contributed by atoms with Gasteiger partial charge in [-0.2, -0.15) is 13.1 Å². The molecule has 1 saturated heterocycles. The predicted octanol–water partition coefficient (Wildman–Crippen LogP) is 5.45. The number of alkyl halides is 3. The number of nitrogens with zero attached hydrogens (tertiary/aromatic N) is 2. The van der Waals surface area contributed by atoms with Crippen molar-refractivity contribution in [2.24, 2.45) is 0 Å². The number of halogens is 5. The Morgan fingerprint density at radius 2 is 1.78 bits per heavy atom. The van der Waals surface area contributed by atoms with Crippen molar-refractivity contribution < 1.29 is 35.5 Å². The zero-order valence-corrected chi connectivity index (χ0v) is 20.7. The number of aromatic nitrogens is 1. The van der Waals surface area contributed by atoms with Gasteiger partial charge in [-0.25, -0.2) is 22.2 Å². The average Bonchev–Trinajstić information content (AvgIpc) is 3.25. The van der Waals surface area contributed by atoms with E-state index in [1.807, 2.05) is 0 Å². The Bertz CT molecular complexity index is 1370. The number of rotatable bonds is 9. The fraction of sp³-hybridized carbons (Fsp3) is 0.280. The summed E-state index contributed by atoms with van der Waals surface area (Å²) in [6.07, 6.45) is -1.69. The standard InChI is InChI=1S/C25H21ClF4N2O4S/c26-24-12-15(11-21(31-24)16-2-6-19(7-3-16)36-25(29)30)1-10-23(33)22-13-18(28)14-32(22)37(34,35)20-8-4-17(27)5-9-20/h2-9,11-12,18,22,25H,1,10,13-14H2/t18-,22+/m1/s1. The summed E-state index contributed by atoms with van der Waals surface area (Å²) in [7, 11) is -4.21. The number of Topliss-reactive ketones (excluding diaryl/α,β-unsaturated/α-hetero) is 1. The molecule has 1 aliphatic heterocycles. The molecule has 2 aromatic carbocycles. The molecule has 1 fully saturated rings. The highest BCUT2D eigenvalue weighted by molar-refractivity contribution is 7.89. The van der Waals surface area contributed by atoms with Crippen molar-refractivity contribution in [3.05, 3.63) is 77.2 Å². The van der Waals surface area contributed by atoms with Gasteiger partial charge in [0.15, 0.2) is 5.78 Å². The van der Waals surface area contributed by atoms with E-state index in [-0.39, 0.29) is 35.1 Å². The highest BCUT2D eigenvalue weighted by atomic mass is 35.5. The van der Waals surface area contributed by atoms with Crippen LogP contribution in [0.25, 0.3) is 11.3 Å². The van der Waals surface area contributed by atoms with Gasteiger partial charge in [-0.15, -0.1) is 0 Å². The van der Waals surface area contributed by atoms with Crippen LogP contribution in [0.3, 0.4) is 0 Å². The molecule has 196 valence electrons. The van der Waals surface area contributed by atoms with Crippen molar-refractivity contribution in [3.8, 4) is 17.0 Å². The third-order valence-corrected chi connectivity index (χ3v) is 7.97. The lowest BCUT2D eigenvalue weighted by Gasteiger charge is -2.23. The van der Waals surface area contributed by atoms with Crippen LogP contribution < -0.4 is 4.74 Å². The molecule has 4 rings (SSSR count). The minimum Gasteiger partial charge on any atom is -0.435 e. The number of aryl methyl sites for hydroxylation is 1. The molecule has 0 bridgehead atoms. The first kappa shape index (κ1) is 27.0. The number of carbonyl (C=O) groups excluding carboxylic acids is 1. The highest BCUT2D eigenvalue weighted by Crippen LogP contribution is 2.30. The van der Waals surface area contributed by atoms with E-state index in [2.05, 4.69) is 9.72 Å². The van der Waals surface area contributed by atoms with E-state index in [9.17, 15) is 30.8 Å². The van der Waals surface area contributed by atoms with Gasteiger partial charge in [0.2, 0.25) is 10.0 Å². The molecule has 0 unspecified atom stereocenters. The summed E-state index contributed by atoms with van der Waals surface area (Å²) < 4.78 is 83.4. The van der Waals surface area contributed by atoms with Crippen LogP contribution >= 0.6 is 11.6 Å². The summed E-state index contributed by atoms with van der Waals surface area (Å²) in [6.45, 7) is -3.42. The molecular formula is C25H21ClF4N2O4S. The smallest absolute Gasteiger partial charge is 0.387 e. The summed E-state index contributed by atoms with van der Waals surface area (Å²) >= 11 is 6.14. The topological polar surface area (TPSA) is 76.6 Å². The fourth-order valence-electron chi connectivity index (χ4n) is 4.14. The normalized spacial score (nSPS) is 18.3. The molecule has 0 N–H and O–H groups in total. The van der Waals surface area contributed by atoms with Crippen LogP contribution in [0.4, 0.5) is 17.6 Å². The first-order valence-electron chi connectivity index (χ1n) is 11.2. The second-order valence-electron chi connectivity index (χ2n) is 8.43. The molecule has 0 radical (unpaired) electrons. The summed E-state index contributed by atoms with van der Waals surface area (Å²) in [5, 5.41) is 0.137. The van der Waals surface area contributed by atoms with Gasteiger partial charge in [-0.05, 0) is 72.6 Å². The van der Waals surface area contributed by atoms with Gasteiger partial charge in [0.25, 0.3) is 0 Å². The maximum Gasteiger partial charge on any atom is 0.387 e. The third kappa shape index (κ3) is 6.46. The highest BCUT2D eigenvalue weighted by Gasteiger charge is 2.43. The van der Waals surface area contributed by atoms with E-state index in [0.717, 1.165) is 28.6 Å². The lowest BCUT2D eigenvalue weighted by Crippen LogP contribution is -2.40.